The summed E-state index contributed by atoms with van der Waals surface area (Å²) >= 11 is 0. The van der Waals surface area contributed by atoms with E-state index in [1.807, 2.05) is 13.8 Å². The van der Waals surface area contributed by atoms with Crippen molar-refractivity contribution in [2.24, 2.45) is 5.84 Å². The molecule has 1 aliphatic rings. The van der Waals surface area contributed by atoms with Crippen LogP contribution in [0.15, 0.2) is 18.3 Å². The van der Waals surface area contributed by atoms with E-state index in [4.69, 9.17) is 10.6 Å². The molecule has 1 aromatic rings. The fourth-order valence-electron chi connectivity index (χ4n) is 1.98. The molecular formula is C12H18N4O2. The van der Waals surface area contributed by atoms with Gasteiger partial charge < -0.3 is 15.1 Å². The van der Waals surface area contributed by atoms with E-state index in [0.29, 0.717) is 31.1 Å². The Morgan fingerprint density at radius 1 is 1.56 bits per heavy atom. The van der Waals surface area contributed by atoms with E-state index in [0.717, 1.165) is 0 Å². The molecule has 0 spiro atoms. The number of nitrogen functional groups attached to an aromatic ring is 1. The maximum atomic E-state index is 12.3. The third-order valence-corrected chi connectivity index (χ3v) is 2.87. The number of pyridine rings is 1. The first kappa shape index (κ1) is 12.8. The fraction of sp³-hybridized carbons (Fsp3) is 0.500. The Kier molecular flexibility index (Phi) is 3.49. The van der Waals surface area contributed by atoms with Crippen molar-refractivity contribution in [1.29, 1.82) is 0 Å². The highest BCUT2D eigenvalue weighted by molar-refractivity contribution is 5.94. The average Bonchev–Trinajstić information content (AvgIpc) is 2.37. The summed E-state index contributed by atoms with van der Waals surface area (Å²) in [5.41, 5.74) is 2.70. The first-order valence-corrected chi connectivity index (χ1v) is 5.88. The number of aromatic nitrogens is 1. The minimum Gasteiger partial charge on any atom is -0.372 e. The number of nitrogens with two attached hydrogens (primary N) is 1. The summed E-state index contributed by atoms with van der Waals surface area (Å²) in [4.78, 5) is 18.1. The highest BCUT2D eigenvalue weighted by atomic mass is 16.5. The number of morpholine rings is 1. The molecule has 18 heavy (non-hydrogen) atoms. The van der Waals surface area contributed by atoms with Crippen LogP contribution in [-0.4, -0.2) is 41.1 Å². The monoisotopic (exact) mass is 250 g/mol. The topological polar surface area (TPSA) is 80.5 Å². The van der Waals surface area contributed by atoms with Crippen molar-refractivity contribution in [3.8, 4) is 0 Å². The smallest absolute Gasteiger partial charge is 0.255 e. The van der Waals surface area contributed by atoms with Crippen LogP contribution in [0, 0.1) is 0 Å². The van der Waals surface area contributed by atoms with Gasteiger partial charge in [-0.15, -0.1) is 0 Å². The number of hydrogen-bond acceptors (Lipinski definition) is 5. The van der Waals surface area contributed by atoms with Crippen LogP contribution in [0.1, 0.15) is 24.2 Å². The SMILES string of the molecule is CC1(C)CN(C(=O)c2ccc(NN)nc2)CCO1. The molecule has 0 bridgehead atoms. The first-order valence-electron chi connectivity index (χ1n) is 5.88. The van der Waals surface area contributed by atoms with Gasteiger partial charge >= 0.3 is 0 Å². The second kappa shape index (κ2) is 4.91. The van der Waals surface area contributed by atoms with Gasteiger partial charge in [0.05, 0.1) is 17.8 Å². The zero-order chi connectivity index (χ0) is 13.2. The minimum atomic E-state index is -0.292. The molecule has 2 heterocycles. The maximum Gasteiger partial charge on any atom is 0.255 e. The Balaban J connectivity index is 2.10. The van der Waals surface area contributed by atoms with Crippen molar-refractivity contribution in [2.45, 2.75) is 19.4 Å². The Hall–Kier alpha value is -1.66. The standard InChI is InChI=1S/C12H18N4O2/c1-12(2)8-16(5-6-18-12)11(17)9-3-4-10(15-13)14-7-9/h3-4,7H,5-6,8,13H2,1-2H3,(H,14,15). The van der Waals surface area contributed by atoms with E-state index >= 15 is 0 Å². The van der Waals surface area contributed by atoms with Crippen LogP contribution < -0.4 is 11.3 Å². The van der Waals surface area contributed by atoms with Crippen molar-refractivity contribution in [1.82, 2.24) is 9.88 Å². The lowest BCUT2D eigenvalue weighted by atomic mass is 10.1. The summed E-state index contributed by atoms with van der Waals surface area (Å²) < 4.78 is 5.58. The molecule has 0 atom stereocenters. The summed E-state index contributed by atoms with van der Waals surface area (Å²) in [7, 11) is 0. The van der Waals surface area contributed by atoms with E-state index in [1.54, 1.807) is 17.0 Å². The van der Waals surface area contributed by atoms with Crippen molar-refractivity contribution >= 4 is 11.7 Å². The predicted molar refractivity (Wildman–Crippen MR) is 68.0 cm³/mol. The summed E-state index contributed by atoms with van der Waals surface area (Å²) in [6.07, 6.45) is 1.53. The molecule has 0 radical (unpaired) electrons. The number of carbonyl (C=O) groups excluding carboxylic acids is 1. The summed E-state index contributed by atoms with van der Waals surface area (Å²) in [6.45, 7) is 5.72. The molecule has 6 heteroatoms. The van der Waals surface area contributed by atoms with Gasteiger partial charge in [-0.1, -0.05) is 0 Å². The second-order valence-electron chi connectivity index (χ2n) is 4.91. The molecule has 0 aliphatic carbocycles. The lowest BCUT2D eigenvalue weighted by Gasteiger charge is -2.38. The quantitative estimate of drug-likeness (QED) is 0.594. The molecule has 3 N–H and O–H groups in total. The number of rotatable bonds is 2. The average molecular weight is 250 g/mol. The Labute approximate surface area is 106 Å². The summed E-state index contributed by atoms with van der Waals surface area (Å²) in [5, 5.41) is 0. The molecular weight excluding hydrogens is 232 g/mol. The number of hydrogen-bond donors (Lipinski definition) is 2. The van der Waals surface area contributed by atoms with Crippen molar-refractivity contribution in [2.75, 3.05) is 25.1 Å². The van der Waals surface area contributed by atoms with Gasteiger partial charge in [-0.05, 0) is 26.0 Å². The molecule has 1 saturated heterocycles. The van der Waals surface area contributed by atoms with Crippen LogP contribution in [0.5, 0.6) is 0 Å². The number of amides is 1. The van der Waals surface area contributed by atoms with Gasteiger partial charge in [-0.2, -0.15) is 0 Å². The molecule has 0 aromatic carbocycles. The normalized spacial score (nSPS) is 18.5. The van der Waals surface area contributed by atoms with Crippen LogP contribution in [0.3, 0.4) is 0 Å². The molecule has 6 nitrogen and oxygen atoms in total. The van der Waals surface area contributed by atoms with Gasteiger partial charge in [0, 0.05) is 19.3 Å². The van der Waals surface area contributed by atoms with Crippen LogP contribution >= 0.6 is 0 Å². The Bertz CT molecular complexity index is 430. The lowest BCUT2D eigenvalue weighted by Crippen LogP contribution is -2.50. The third kappa shape index (κ3) is 2.77. The lowest BCUT2D eigenvalue weighted by molar-refractivity contribution is -0.0764. The Morgan fingerprint density at radius 2 is 2.33 bits per heavy atom. The third-order valence-electron chi connectivity index (χ3n) is 2.87. The van der Waals surface area contributed by atoms with Crippen LogP contribution in [0.4, 0.5) is 5.82 Å². The van der Waals surface area contributed by atoms with Gasteiger partial charge in [0.15, 0.2) is 0 Å². The second-order valence-corrected chi connectivity index (χ2v) is 4.91. The fourth-order valence-corrected chi connectivity index (χ4v) is 1.98. The van der Waals surface area contributed by atoms with E-state index in [9.17, 15) is 4.79 Å². The number of hydrazine groups is 1. The minimum absolute atomic E-state index is 0.0255. The van der Waals surface area contributed by atoms with Gasteiger partial charge in [0.25, 0.3) is 5.91 Å². The highest BCUT2D eigenvalue weighted by Gasteiger charge is 2.30. The van der Waals surface area contributed by atoms with Crippen LogP contribution in [0.25, 0.3) is 0 Å². The number of nitrogens with one attached hydrogen (secondary N) is 1. The van der Waals surface area contributed by atoms with Gasteiger partial charge in [-0.25, -0.2) is 10.8 Å². The molecule has 1 amide bonds. The zero-order valence-corrected chi connectivity index (χ0v) is 10.6. The van der Waals surface area contributed by atoms with Crippen LogP contribution in [0.2, 0.25) is 0 Å². The molecule has 0 saturated carbocycles. The van der Waals surface area contributed by atoms with Crippen molar-refractivity contribution in [3.63, 3.8) is 0 Å². The molecule has 98 valence electrons. The van der Waals surface area contributed by atoms with Crippen molar-refractivity contribution < 1.29 is 9.53 Å². The Morgan fingerprint density at radius 3 is 2.89 bits per heavy atom. The van der Waals surface area contributed by atoms with E-state index in [2.05, 4.69) is 10.4 Å². The van der Waals surface area contributed by atoms with Gasteiger partial charge in [0.2, 0.25) is 0 Å². The number of nitrogens with zero attached hydrogens (tertiary/aromatic N) is 2. The highest BCUT2D eigenvalue weighted by Crippen LogP contribution is 2.18. The van der Waals surface area contributed by atoms with Gasteiger partial charge in [-0.3, -0.25) is 4.79 Å². The maximum absolute atomic E-state index is 12.3. The molecule has 1 aliphatic heterocycles. The number of ether oxygens (including phenoxy) is 1. The molecule has 2 rings (SSSR count). The van der Waals surface area contributed by atoms with E-state index in [1.165, 1.54) is 6.20 Å². The largest absolute Gasteiger partial charge is 0.372 e. The van der Waals surface area contributed by atoms with Gasteiger partial charge in [0.1, 0.15) is 5.82 Å². The summed E-state index contributed by atoms with van der Waals surface area (Å²) in [6, 6.07) is 3.39. The van der Waals surface area contributed by atoms with E-state index in [-0.39, 0.29) is 11.5 Å². The molecule has 1 fully saturated rings. The van der Waals surface area contributed by atoms with E-state index < -0.39 is 0 Å². The molecule has 0 unspecified atom stereocenters. The van der Waals surface area contributed by atoms with Crippen molar-refractivity contribution in [3.05, 3.63) is 23.9 Å². The molecule has 1 aromatic heterocycles. The zero-order valence-electron chi connectivity index (χ0n) is 10.6. The number of carbonyl (C=O) groups is 1. The first-order chi connectivity index (χ1) is 8.52. The predicted octanol–water partition coefficient (Wildman–Crippen LogP) is 0.618. The number of anilines is 1. The van der Waals surface area contributed by atoms with Crippen LogP contribution in [-0.2, 0) is 4.74 Å². The summed E-state index contributed by atoms with van der Waals surface area (Å²) in [5.74, 6) is 5.74.